The molecule has 136 valence electrons. The lowest BCUT2D eigenvalue weighted by molar-refractivity contribution is -0.113. The third-order valence-electron chi connectivity index (χ3n) is 3.39. The fourth-order valence-corrected chi connectivity index (χ4v) is 2.99. The van der Waals surface area contributed by atoms with Crippen molar-refractivity contribution in [2.24, 2.45) is 0 Å². The van der Waals surface area contributed by atoms with E-state index in [1.807, 2.05) is 0 Å². The monoisotopic (exact) mass is 375 g/mol. The number of carbonyl (C=O) groups is 3. The fraction of sp³-hybridized carbons (Fsp3) is 0.235. The summed E-state index contributed by atoms with van der Waals surface area (Å²) in [7, 11) is 1.22. The number of hydrogen-bond acceptors (Lipinski definition) is 7. The molecule has 1 aromatic heterocycles. The standard InChI is InChI=1S/C17H17N3O5S/c1-9-14(16(23)25-3)15(20-17(24)18-9)26-8-13(22)19-12-6-4-11(5-7-12)10(2)21/h4-7H,8H2,1-3H3,(H,19,22)(H,18,20,24). The maximum absolute atomic E-state index is 12.1. The van der Waals surface area contributed by atoms with E-state index in [9.17, 15) is 19.2 Å². The molecule has 0 bridgehead atoms. The van der Waals surface area contributed by atoms with Crippen molar-refractivity contribution < 1.29 is 19.1 Å². The quantitative estimate of drug-likeness (QED) is 0.342. The molecule has 0 unspecified atom stereocenters. The van der Waals surface area contributed by atoms with E-state index in [0.29, 0.717) is 16.9 Å². The maximum Gasteiger partial charge on any atom is 0.346 e. The van der Waals surface area contributed by atoms with Gasteiger partial charge in [-0.3, -0.25) is 9.59 Å². The Morgan fingerprint density at radius 3 is 2.46 bits per heavy atom. The van der Waals surface area contributed by atoms with Gasteiger partial charge in [0.05, 0.1) is 12.9 Å². The molecule has 0 aliphatic rings. The molecule has 1 heterocycles. The Hall–Kier alpha value is -2.94. The number of methoxy groups -OCH3 is 1. The number of benzene rings is 1. The van der Waals surface area contributed by atoms with E-state index >= 15 is 0 Å². The molecule has 2 aromatic rings. The number of amides is 1. The second kappa shape index (κ2) is 8.43. The first-order valence-electron chi connectivity index (χ1n) is 7.54. The van der Waals surface area contributed by atoms with Crippen LogP contribution in [0.5, 0.6) is 0 Å². The van der Waals surface area contributed by atoms with Crippen molar-refractivity contribution in [3.05, 3.63) is 51.6 Å². The summed E-state index contributed by atoms with van der Waals surface area (Å²) in [6.07, 6.45) is 0. The fourth-order valence-electron chi connectivity index (χ4n) is 2.13. The number of rotatable bonds is 6. The first kappa shape index (κ1) is 19.4. The molecule has 2 N–H and O–H groups in total. The molecule has 0 saturated carbocycles. The predicted octanol–water partition coefficient (Wildman–Crippen LogP) is 1.80. The number of thioether (sulfide) groups is 1. The summed E-state index contributed by atoms with van der Waals surface area (Å²) in [6.45, 7) is 3.01. The molecule has 2 rings (SSSR count). The lowest BCUT2D eigenvalue weighted by atomic mass is 10.1. The average Bonchev–Trinajstić information content (AvgIpc) is 2.59. The van der Waals surface area contributed by atoms with E-state index in [1.54, 1.807) is 31.2 Å². The summed E-state index contributed by atoms with van der Waals surface area (Å²) in [5.74, 6) is -1.12. The zero-order valence-electron chi connectivity index (χ0n) is 14.4. The van der Waals surface area contributed by atoms with Gasteiger partial charge in [0.15, 0.2) is 5.78 Å². The molecule has 0 aliphatic carbocycles. The van der Waals surface area contributed by atoms with Gasteiger partial charge in [0, 0.05) is 16.9 Å². The average molecular weight is 375 g/mol. The van der Waals surface area contributed by atoms with Crippen molar-refractivity contribution >= 4 is 35.1 Å². The Morgan fingerprint density at radius 1 is 1.23 bits per heavy atom. The van der Waals surface area contributed by atoms with Crippen molar-refractivity contribution in [1.29, 1.82) is 0 Å². The molecule has 0 fully saturated rings. The lowest BCUT2D eigenvalue weighted by Gasteiger charge is -2.09. The maximum atomic E-state index is 12.1. The Bertz CT molecular complexity index is 906. The minimum Gasteiger partial charge on any atom is -0.465 e. The van der Waals surface area contributed by atoms with E-state index in [-0.39, 0.29) is 28.0 Å². The van der Waals surface area contributed by atoms with Crippen molar-refractivity contribution in [2.45, 2.75) is 18.9 Å². The highest BCUT2D eigenvalue weighted by Crippen LogP contribution is 2.22. The van der Waals surface area contributed by atoms with Crippen LogP contribution in [0.15, 0.2) is 34.1 Å². The number of ether oxygens (including phenoxy) is 1. The number of esters is 1. The van der Waals surface area contributed by atoms with Crippen LogP contribution >= 0.6 is 11.8 Å². The Morgan fingerprint density at radius 2 is 1.88 bits per heavy atom. The summed E-state index contributed by atoms with van der Waals surface area (Å²) in [4.78, 5) is 52.9. The number of aromatic amines is 1. The molecule has 8 nitrogen and oxygen atoms in total. The second-order valence-electron chi connectivity index (χ2n) is 5.31. The topological polar surface area (TPSA) is 118 Å². The number of hydrogen-bond donors (Lipinski definition) is 2. The van der Waals surface area contributed by atoms with Crippen LogP contribution in [-0.4, -0.2) is 40.5 Å². The van der Waals surface area contributed by atoms with Gasteiger partial charge in [-0.2, -0.15) is 4.98 Å². The lowest BCUT2D eigenvalue weighted by Crippen LogP contribution is -2.20. The summed E-state index contributed by atoms with van der Waals surface area (Å²) >= 11 is 0.956. The summed E-state index contributed by atoms with van der Waals surface area (Å²) in [5.41, 5.74) is 0.903. The summed E-state index contributed by atoms with van der Waals surface area (Å²) in [6, 6.07) is 6.47. The Balaban J connectivity index is 2.08. The molecule has 26 heavy (non-hydrogen) atoms. The summed E-state index contributed by atoms with van der Waals surface area (Å²) < 4.78 is 4.69. The van der Waals surface area contributed by atoms with E-state index in [1.165, 1.54) is 14.0 Å². The molecular formula is C17H17N3O5S. The van der Waals surface area contributed by atoms with Crippen LogP contribution in [0.4, 0.5) is 5.69 Å². The molecular weight excluding hydrogens is 358 g/mol. The number of ketones is 1. The molecule has 0 atom stereocenters. The number of H-pyrrole nitrogens is 1. The van der Waals surface area contributed by atoms with Gasteiger partial charge in [0.25, 0.3) is 0 Å². The number of anilines is 1. The number of nitrogens with one attached hydrogen (secondary N) is 2. The van der Waals surface area contributed by atoms with Crippen LogP contribution in [0, 0.1) is 6.92 Å². The van der Waals surface area contributed by atoms with Gasteiger partial charge in [-0.1, -0.05) is 11.8 Å². The van der Waals surface area contributed by atoms with Gasteiger partial charge in [-0.25, -0.2) is 9.59 Å². The molecule has 1 aromatic carbocycles. The third kappa shape index (κ3) is 4.79. The van der Waals surface area contributed by atoms with Crippen molar-refractivity contribution in [3.63, 3.8) is 0 Å². The van der Waals surface area contributed by atoms with E-state index < -0.39 is 11.7 Å². The predicted molar refractivity (Wildman–Crippen MR) is 96.7 cm³/mol. The highest BCUT2D eigenvalue weighted by molar-refractivity contribution is 8.00. The molecule has 0 radical (unpaired) electrons. The zero-order chi connectivity index (χ0) is 19.3. The van der Waals surface area contributed by atoms with Gasteiger partial charge in [0.1, 0.15) is 10.6 Å². The van der Waals surface area contributed by atoms with Crippen LogP contribution < -0.4 is 11.0 Å². The van der Waals surface area contributed by atoms with E-state index in [0.717, 1.165) is 11.8 Å². The number of aromatic nitrogens is 2. The molecule has 0 saturated heterocycles. The van der Waals surface area contributed by atoms with Crippen molar-refractivity contribution in [1.82, 2.24) is 9.97 Å². The normalized spacial score (nSPS) is 10.3. The highest BCUT2D eigenvalue weighted by Gasteiger charge is 2.19. The first-order chi connectivity index (χ1) is 12.3. The second-order valence-corrected chi connectivity index (χ2v) is 6.27. The van der Waals surface area contributed by atoms with Crippen LogP contribution in [0.2, 0.25) is 0 Å². The van der Waals surface area contributed by atoms with Crippen LogP contribution in [0.3, 0.4) is 0 Å². The van der Waals surface area contributed by atoms with Crippen LogP contribution in [0.1, 0.15) is 33.3 Å². The molecule has 9 heteroatoms. The Labute approximate surface area is 153 Å². The Kier molecular flexibility index (Phi) is 6.29. The smallest absolute Gasteiger partial charge is 0.346 e. The first-order valence-corrected chi connectivity index (χ1v) is 8.53. The number of Topliss-reactive ketones (excluding diaryl/α,β-unsaturated/α-hetero) is 1. The third-order valence-corrected chi connectivity index (χ3v) is 4.37. The van der Waals surface area contributed by atoms with Crippen molar-refractivity contribution in [3.8, 4) is 0 Å². The SMILES string of the molecule is COC(=O)c1c(SCC(=O)Nc2ccc(C(C)=O)cc2)nc(=O)[nH]c1C. The zero-order valence-corrected chi connectivity index (χ0v) is 15.2. The minimum absolute atomic E-state index is 0.0612. The van der Waals surface area contributed by atoms with Gasteiger partial charge in [-0.15, -0.1) is 0 Å². The van der Waals surface area contributed by atoms with Crippen LogP contribution in [0.25, 0.3) is 0 Å². The summed E-state index contributed by atoms with van der Waals surface area (Å²) in [5, 5.41) is 2.79. The minimum atomic E-state index is -0.644. The largest absolute Gasteiger partial charge is 0.465 e. The van der Waals surface area contributed by atoms with E-state index in [4.69, 9.17) is 0 Å². The molecule has 0 spiro atoms. The van der Waals surface area contributed by atoms with Crippen LogP contribution in [-0.2, 0) is 9.53 Å². The van der Waals surface area contributed by atoms with Crippen molar-refractivity contribution in [2.75, 3.05) is 18.2 Å². The molecule has 0 aliphatic heterocycles. The van der Waals surface area contributed by atoms with Gasteiger partial charge >= 0.3 is 11.7 Å². The van der Waals surface area contributed by atoms with Gasteiger partial charge < -0.3 is 15.0 Å². The van der Waals surface area contributed by atoms with Gasteiger partial charge in [0.2, 0.25) is 5.91 Å². The molecule has 1 amide bonds. The van der Waals surface area contributed by atoms with E-state index in [2.05, 4.69) is 20.0 Å². The highest BCUT2D eigenvalue weighted by atomic mass is 32.2. The number of aryl methyl sites for hydroxylation is 1. The number of carbonyl (C=O) groups excluding carboxylic acids is 3. The van der Waals surface area contributed by atoms with Gasteiger partial charge in [-0.05, 0) is 38.1 Å². The number of nitrogens with zero attached hydrogens (tertiary/aromatic N) is 1.